The van der Waals surface area contributed by atoms with Gasteiger partial charge in [0.1, 0.15) is 5.82 Å². The van der Waals surface area contributed by atoms with Crippen LogP contribution in [0.25, 0.3) is 11.4 Å². The molecular weight excluding hydrogens is 381 g/mol. The average Bonchev–Trinajstić information content (AvgIpc) is 3.37. The Hall–Kier alpha value is -3.02. The van der Waals surface area contributed by atoms with E-state index in [1.165, 1.54) is 28.8 Å². The Morgan fingerprint density at radius 3 is 2.63 bits per heavy atom. The molecule has 1 aliphatic heterocycles. The van der Waals surface area contributed by atoms with Crippen molar-refractivity contribution < 1.29 is 13.7 Å². The highest BCUT2D eigenvalue weighted by Crippen LogP contribution is 2.33. The molecule has 4 rings (SSSR count). The fourth-order valence-electron chi connectivity index (χ4n) is 4.22. The van der Waals surface area contributed by atoms with Crippen LogP contribution < -0.4 is 0 Å². The summed E-state index contributed by atoms with van der Waals surface area (Å²) in [5, 5.41) is 3.96. The van der Waals surface area contributed by atoms with Crippen molar-refractivity contribution in [1.29, 1.82) is 0 Å². The van der Waals surface area contributed by atoms with Crippen LogP contribution in [0.1, 0.15) is 54.3 Å². The van der Waals surface area contributed by atoms with E-state index in [1.54, 1.807) is 12.1 Å². The molecule has 1 saturated heterocycles. The third kappa shape index (κ3) is 4.58. The molecular formula is C24H26FN3O2. The number of halogens is 1. The number of nitrogens with zero attached hydrogens (tertiary/aromatic N) is 3. The van der Waals surface area contributed by atoms with E-state index in [1.807, 2.05) is 4.90 Å². The van der Waals surface area contributed by atoms with Crippen molar-refractivity contribution in [2.45, 2.75) is 52.0 Å². The molecule has 1 atom stereocenters. The zero-order chi connectivity index (χ0) is 21.1. The van der Waals surface area contributed by atoms with E-state index < -0.39 is 0 Å². The van der Waals surface area contributed by atoms with Gasteiger partial charge in [0.2, 0.25) is 17.6 Å². The minimum atomic E-state index is -0.304. The number of aromatic nitrogens is 2. The van der Waals surface area contributed by atoms with Crippen molar-refractivity contribution in [3.05, 3.63) is 70.9 Å². The molecule has 1 amide bonds. The molecule has 30 heavy (non-hydrogen) atoms. The smallest absolute Gasteiger partial charge is 0.226 e. The predicted octanol–water partition coefficient (Wildman–Crippen LogP) is 5.18. The van der Waals surface area contributed by atoms with Gasteiger partial charge in [-0.1, -0.05) is 34.5 Å². The maximum atomic E-state index is 13.1. The van der Waals surface area contributed by atoms with Crippen LogP contribution in [0.2, 0.25) is 0 Å². The number of likely N-dealkylation sites (tertiary alicyclic amines) is 1. The molecule has 5 nitrogen and oxygen atoms in total. The maximum Gasteiger partial charge on any atom is 0.226 e. The van der Waals surface area contributed by atoms with E-state index in [9.17, 15) is 9.18 Å². The third-order valence-corrected chi connectivity index (χ3v) is 5.55. The number of aryl methyl sites for hydroxylation is 3. The monoisotopic (exact) mass is 407 g/mol. The highest BCUT2D eigenvalue weighted by Gasteiger charge is 2.29. The van der Waals surface area contributed by atoms with Gasteiger partial charge in [-0.2, -0.15) is 4.98 Å². The van der Waals surface area contributed by atoms with Gasteiger partial charge in [-0.15, -0.1) is 0 Å². The van der Waals surface area contributed by atoms with Gasteiger partial charge in [-0.25, -0.2) is 4.39 Å². The Morgan fingerprint density at radius 1 is 1.17 bits per heavy atom. The molecule has 156 valence electrons. The lowest BCUT2D eigenvalue weighted by atomic mass is 9.99. The zero-order valence-electron chi connectivity index (χ0n) is 17.4. The van der Waals surface area contributed by atoms with Crippen molar-refractivity contribution in [3.8, 4) is 11.4 Å². The standard InChI is InChI=1S/C24H26FN3O2/c1-16-13-17(2)15-19(14-16)21-5-4-12-28(21)23(29)7-3-6-22-26-24(27-30-22)18-8-10-20(25)11-9-18/h8-11,13-15,21H,3-7,12H2,1-2H3. The number of carbonyl (C=O) groups is 1. The topological polar surface area (TPSA) is 59.2 Å². The molecule has 2 heterocycles. The van der Waals surface area contributed by atoms with Gasteiger partial charge < -0.3 is 9.42 Å². The van der Waals surface area contributed by atoms with Crippen molar-refractivity contribution in [2.75, 3.05) is 6.54 Å². The lowest BCUT2D eigenvalue weighted by molar-refractivity contribution is -0.132. The molecule has 0 N–H and O–H groups in total. The molecule has 0 saturated carbocycles. The summed E-state index contributed by atoms with van der Waals surface area (Å²) in [6.45, 7) is 5.01. The third-order valence-electron chi connectivity index (χ3n) is 5.55. The van der Waals surface area contributed by atoms with Crippen molar-refractivity contribution in [2.24, 2.45) is 0 Å². The second-order valence-corrected chi connectivity index (χ2v) is 8.04. The first-order chi connectivity index (χ1) is 14.5. The summed E-state index contributed by atoms with van der Waals surface area (Å²) < 4.78 is 18.3. The minimum absolute atomic E-state index is 0.171. The summed E-state index contributed by atoms with van der Waals surface area (Å²) in [5.41, 5.74) is 4.41. The molecule has 1 aromatic heterocycles. The van der Waals surface area contributed by atoms with Crippen LogP contribution in [-0.2, 0) is 11.2 Å². The summed E-state index contributed by atoms with van der Waals surface area (Å²) in [7, 11) is 0. The van der Waals surface area contributed by atoms with E-state index in [-0.39, 0.29) is 17.8 Å². The van der Waals surface area contributed by atoms with Crippen LogP contribution in [0.5, 0.6) is 0 Å². The van der Waals surface area contributed by atoms with Crippen LogP contribution in [0.15, 0.2) is 47.0 Å². The van der Waals surface area contributed by atoms with Gasteiger partial charge in [-0.05, 0) is 62.9 Å². The Kier molecular flexibility index (Phi) is 5.93. The number of benzene rings is 2. The van der Waals surface area contributed by atoms with E-state index in [0.29, 0.717) is 36.5 Å². The number of carbonyl (C=O) groups excluding carboxylic acids is 1. The second kappa shape index (κ2) is 8.78. The van der Waals surface area contributed by atoms with Gasteiger partial charge in [-0.3, -0.25) is 4.79 Å². The van der Waals surface area contributed by atoms with Gasteiger partial charge in [0.25, 0.3) is 0 Å². The molecule has 1 unspecified atom stereocenters. The predicted molar refractivity (Wildman–Crippen MR) is 112 cm³/mol. The van der Waals surface area contributed by atoms with Gasteiger partial charge in [0.05, 0.1) is 6.04 Å². The highest BCUT2D eigenvalue weighted by molar-refractivity contribution is 5.77. The lowest BCUT2D eigenvalue weighted by Crippen LogP contribution is -2.30. The highest BCUT2D eigenvalue weighted by atomic mass is 19.1. The van der Waals surface area contributed by atoms with Gasteiger partial charge in [0.15, 0.2) is 0 Å². The first-order valence-corrected chi connectivity index (χ1v) is 10.5. The number of hydrogen-bond acceptors (Lipinski definition) is 4. The summed E-state index contributed by atoms with van der Waals surface area (Å²) in [6.07, 6.45) is 3.70. The van der Waals surface area contributed by atoms with E-state index >= 15 is 0 Å². The number of amides is 1. The maximum absolute atomic E-state index is 13.1. The van der Waals surface area contributed by atoms with Crippen LogP contribution in [0.3, 0.4) is 0 Å². The molecule has 1 aliphatic rings. The Bertz CT molecular complexity index is 1010. The average molecular weight is 407 g/mol. The normalized spacial score (nSPS) is 16.2. The minimum Gasteiger partial charge on any atom is -0.339 e. The van der Waals surface area contributed by atoms with Crippen LogP contribution >= 0.6 is 0 Å². The van der Waals surface area contributed by atoms with Crippen LogP contribution in [0.4, 0.5) is 4.39 Å². The fraction of sp³-hybridized carbons (Fsp3) is 0.375. The van der Waals surface area contributed by atoms with Crippen LogP contribution in [0, 0.1) is 19.7 Å². The Balaban J connectivity index is 1.34. The van der Waals surface area contributed by atoms with Crippen molar-refractivity contribution in [3.63, 3.8) is 0 Å². The largest absolute Gasteiger partial charge is 0.339 e. The van der Waals surface area contributed by atoms with Crippen LogP contribution in [-0.4, -0.2) is 27.5 Å². The van der Waals surface area contributed by atoms with Gasteiger partial charge in [0, 0.05) is 24.9 Å². The first kappa shape index (κ1) is 20.3. The summed E-state index contributed by atoms with van der Waals surface area (Å²) in [4.78, 5) is 19.3. The van der Waals surface area contributed by atoms with E-state index in [4.69, 9.17) is 4.52 Å². The Labute approximate surface area is 175 Å². The Morgan fingerprint density at radius 2 is 1.90 bits per heavy atom. The molecule has 6 heteroatoms. The molecule has 0 spiro atoms. The first-order valence-electron chi connectivity index (χ1n) is 10.5. The van der Waals surface area contributed by atoms with Gasteiger partial charge >= 0.3 is 0 Å². The zero-order valence-corrected chi connectivity index (χ0v) is 17.4. The summed E-state index contributed by atoms with van der Waals surface area (Å²) in [6, 6.07) is 12.7. The SMILES string of the molecule is Cc1cc(C)cc(C2CCCN2C(=O)CCCc2nc(-c3ccc(F)cc3)no2)c1. The molecule has 1 fully saturated rings. The summed E-state index contributed by atoms with van der Waals surface area (Å²) >= 11 is 0. The van der Waals surface area contributed by atoms with Crippen molar-refractivity contribution in [1.82, 2.24) is 15.0 Å². The van der Waals surface area contributed by atoms with E-state index in [2.05, 4.69) is 42.2 Å². The second-order valence-electron chi connectivity index (χ2n) is 8.04. The van der Waals surface area contributed by atoms with Crippen molar-refractivity contribution >= 4 is 5.91 Å². The molecule has 3 aromatic rings. The molecule has 0 radical (unpaired) electrons. The number of hydrogen-bond donors (Lipinski definition) is 0. The quantitative estimate of drug-likeness (QED) is 0.565. The molecule has 0 bridgehead atoms. The fourth-order valence-corrected chi connectivity index (χ4v) is 4.22. The molecule has 0 aliphatic carbocycles. The molecule has 2 aromatic carbocycles. The van der Waals surface area contributed by atoms with E-state index in [0.717, 1.165) is 19.4 Å². The number of rotatable bonds is 6. The summed E-state index contributed by atoms with van der Waals surface area (Å²) in [5.74, 6) is 0.803. The lowest BCUT2D eigenvalue weighted by Gasteiger charge is -2.26.